The lowest BCUT2D eigenvalue weighted by molar-refractivity contribution is -0.141. The zero-order valence-corrected chi connectivity index (χ0v) is 12.4. The zero-order chi connectivity index (χ0) is 15.0. The number of thioether (sulfide) groups is 1. The van der Waals surface area contributed by atoms with Crippen LogP contribution in [0.1, 0.15) is 9.67 Å². The highest BCUT2D eigenvalue weighted by Crippen LogP contribution is 2.07. The molecule has 1 atom stereocenters. The van der Waals surface area contributed by atoms with Gasteiger partial charge in [-0.1, -0.05) is 6.07 Å². The van der Waals surface area contributed by atoms with E-state index in [4.69, 9.17) is 5.73 Å². The number of nitrogens with two attached hydrogens (primary N) is 1. The second-order valence-electron chi connectivity index (χ2n) is 3.62. The standard InChI is InChI=1S/C11H15N3O4S2/c1-18-11(17)7(12)5-19-6-9(15)13-14-10(16)8-3-2-4-20-8/h2-4,7H,5-6,12H2,1H3,(H,13,15)(H,14,16). The van der Waals surface area contributed by atoms with Crippen LogP contribution in [-0.4, -0.2) is 42.4 Å². The number of hydrogen-bond donors (Lipinski definition) is 3. The lowest BCUT2D eigenvalue weighted by atomic mass is 10.4. The normalized spacial score (nSPS) is 11.5. The summed E-state index contributed by atoms with van der Waals surface area (Å²) in [5, 5.41) is 1.76. The number of ether oxygens (including phenoxy) is 1. The second-order valence-corrected chi connectivity index (χ2v) is 5.60. The van der Waals surface area contributed by atoms with Crippen molar-refractivity contribution in [2.24, 2.45) is 5.73 Å². The summed E-state index contributed by atoms with van der Waals surface area (Å²) in [5.74, 6) is -0.931. The Morgan fingerprint density at radius 3 is 2.80 bits per heavy atom. The molecular formula is C11H15N3O4S2. The van der Waals surface area contributed by atoms with Gasteiger partial charge in [-0.25, -0.2) is 0 Å². The average Bonchev–Trinajstić information content (AvgIpc) is 2.97. The van der Waals surface area contributed by atoms with Crippen molar-refractivity contribution in [3.63, 3.8) is 0 Å². The van der Waals surface area contributed by atoms with Crippen molar-refractivity contribution in [1.29, 1.82) is 0 Å². The molecular weight excluding hydrogens is 302 g/mol. The van der Waals surface area contributed by atoms with E-state index in [0.29, 0.717) is 4.88 Å². The van der Waals surface area contributed by atoms with Crippen molar-refractivity contribution < 1.29 is 19.1 Å². The Bertz CT molecular complexity index is 464. The van der Waals surface area contributed by atoms with Gasteiger partial charge < -0.3 is 10.5 Å². The van der Waals surface area contributed by atoms with Gasteiger partial charge in [-0.2, -0.15) is 0 Å². The van der Waals surface area contributed by atoms with Crippen LogP contribution in [0.5, 0.6) is 0 Å². The molecule has 1 aromatic heterocycles. The largest absolute Gasteiger partial charge is 0.468 e. The minimum Gasteiger partial charge on any atom is -0.468 e. The monoisotopic (exact) mass is 317 g/mol. The highest BCUT2D eigenvalue weighted by molar-refractivity contribution is 8.00. The molecule has 1 unspecified atom stereocenters. The van der Waals surface area contributed by atoms with Gasteiger partial charge in [0.2, 0.25) is 5.91 Å². The van der Waals surface area contributed by atoms with Crippen molar-refractivity contribution in [2.45, 2.75) is 6.04 Å². The summed E-state index contributed by atoms with van der Waals surface area (Å²) >= 11 is 2.45. The highest BCUT2D eigenvalue weighted by atomic mass is 32.2. The van der Waals surface area contributed by atoms with E-state index in [1.165, 1.54) is 30.2 Å². The van der Waals surface area contributed by atoms with E-state index in [9.17, 15) is 14.4 Å². The zero-order valence-electron chi connectivity index (χ0n) is 10.8. The molecule has 9 heteroatoms. The highest BCUT2D eigenvalue weighted by Gasteiger charge is 2.14. The summed E-state index contributed by atoms with van der Waals surface area (Å²) in [4.78, 5) is 34.5. The number of methoxy groups -OCH3 is 1. The predicted octanol–water partition coefficient (Wildman–Crippen LogP) is -0.257. The van der Waals surface area contributed by atoms with Crippen LogP contribution >= 0.6 is 23.1 Å². The van der Waals surface area contributed by atoms with E-state index in [0.717, 1.165) is 0 Å². The molecule has 0 aromatic carbocycles. The maximum absolute atomic E-state index is 11.5. The van der Waals surface area contributed by atoms with Gasteiger partial charge in [0.1, 0.15) is 6.04 Å². The molecule has 1 heterocycles. The number of amides is 2. The molecule has 2 amide bonds. The lowest BCUT2D eigenvalue weighted by Crippen LogP contribution is -2.42. The first-order valence-electron chi connectivity index (χ1n) is 5.58. The summed E-state index contributed by atoms with van der Waals surface area (Å²) < 4.78 is 4.46. The van der Waals surface area contributed by atoms with Gasteiger partial charge in [-0.15, -0.1) is 23.1 Å². The fourth-order valence-corrected chi connectivity index (χ4v) is 2.51. The molecule has 0 saturated carbocycles. The number of hydrazine groups is 1. The number of thiophene rings is 1. The van der Waals surface area contributed by atoms with E-state index in [1.807, 2.05) is 0 Å². The molecule has 20 heavy (non-hydrogen) atoms. The van der Waals surface area contributed by atoms with E-state index in [-0.39, 0.29) is 23.3 Å². The SMILES string of the molecule is COC(=O)C(N)CSCC(=O)NNC(=O)c1cccs1. The molecule has 0 aliphatic heterocycles. The smallest absolute Gasteiger partial charge is 0.323 e. The number of rotatable bonds is 6. The first kappa shape index (κ1) is 16.5. The van der Waals surface area contributed by atoms with Gasteiger partial charge in [0.15, 0.2) is 0 Å². The Kier molecular flexibility index (Phi) is 7.05. The molecule has 1 rings (SSSR count). The molecule has 0 spiro atoms. The molecule has 0 saturated heterocycles. The number of esters is 1. The summed E-state index contributed by atoms with van der Waals surface area (Å²) in [6, 6.07) is 2.63. The number of nitrogens with one attached hydrogen (secondary N) is 2. The van der Waals surface area contributed by atoms with Crippen LogP contribution in [0.2, 0.25) is 0 Å². The van der Waals surface area contributed by atoms with Crippen LogP contribution < -0.4 is 16.6 Å². The van der Waals surface area contributed by atoms with Gasteiger partial charge in [-0.3, -0.25) is 25.2 Å². The van der Waals surface area contributed by atoms with Gasteiger partial charge in [0.25, 0.3) is 5.91 Å². The van der Waals surface area contributed by atoms with Crippen molar-refractivity contribution >= 4 is 40.9 Å². The molecule has 0 aliphatic carbocycles. The van der Waals surface area contributed by atoms with Crippen LogP contribution in [0, 0.1) is 0 Å². The Morgan fingerprint density at radius 1 is 1.45 bits per heavy atom. The third-order valence-electron chi connectivity index (χ3n) is 2.09. The predicted molar refractivity (Wildman–Crippen MR) is 77.2 cm³/mol. The van der Waals surface area contributed by atoms with Gasteiger partial charge in [0, 0.05) is 5.75 Å². The van der Waals surface area contributed by atoms with Crippen LogP contribution in [-0.2, 0) is 14.3 Å². The number of hydrogen-bond acceptors (Lipinski definition) is 7. The summed E-state index contributed by atoms with van der Waals surface area (Å²) in [5.41, 5.74) is 10.1. The van der Waals surface area contributed by atoms with Crippen molar-refractivity contribution in [1.82, 2.24) is 10.9 Å². The molecule has 0 bridgehead atoms. The Labute approximate surface area is 124 Å². The molecule has 7 nitrogen and oxygen atoms in total. The molecule has 1 aromatic rings. The number of carbonyl (C=O) groups excluding carboxylic acids is 3. The third-order valence-corrected chi connectivity index (χ3v) is 4.02. The van der Waals surface area contributed by atoms with E-state index < -0.39 is 12.0 Å². The van der Waals surface area contributed by atoms with Gasteiger partial charge in [-0.05, 0) is 11.4 Å². The van der Waals surface area contributed by atoms with E-state index in [2.05, 4.69) is 15.6 Å². The first-order chi connectivity index (χ1) is 9.54. The Morgan fingerprint density at radius 2 is 2.20 bits per heavy atom. The summed E-state index contributed by atoms with van der Waals surface area (Å²) in [6.07, 6.45) is 0. The van der Waals surface area contributed by atoms with Crippen LogP contribution in [0.25, 0.3) is 0 Å². The fourth-order valence-electron chi connectivity index (χ4n) is 1.13. The average molecular weight is 317 g/mol. The first-order valence-corrected chi connectivity index (χ1v) is 7.62. The lowest BCUT2D eigenvalue weighted by Gasteiger charge is -2.09. The topological polar surface area (TPSA) is 111 Å². The van der Waals surface area contributed by atoms with Crippen molar-refractivity contribution in [3.8, 4) is 0 Å². The molecule has 0 radical (unpaired) electrons. The molecule has 4 N–H and O–H groups in total. The quantitative estimate of drug-likeness (QED) is 0.492. The van der Waals surface area contributed by atoms with E-state index >= 15 is 0 Å². The van der Waals surface area contributed by atoms with Gasteiger partial charge >= 0.3 is 5.97 Å². The molecule has 0 fully saturated rings. The van der Waals surface area contributed by atoms with Gasteiger partial charge in [0.05, 0.1) is 17.7 Å². The van der Waals surface area contributed by atoms with Crippen LogP contribution in [0.4, 0.5) is 0 Å². The van der Waals surface area contributed by atoms with Crippen LogP contribution in [0.3, 0.4) is 0 Å². The maximum atomic E-state index is 11.5. The second kappa shape index (κ2) is 8.56. The maximum Gasteiger partial charge on any atom is 0.323 e. The molecule has 0 aliphatic rings. The van der Waals surface area contributed by atoms with Crippen molar-refractivity contribution in [2.75, 3.05) is 18.6 Å². The third kappa shape index (κ3) is 5.59. The fraction of sp³-hybridized carbons (Fsp3) is 0.364. The van der Waals surface area contributed by atoms with Crippen LogP contribution in [0.15, 0.2) is 17.5 Å². The minimum atomic E-state index is -0.765. The molecule has 110 valence electrons. The number of carbonyl (C=O) groups is 3. The summed E-state index contributed by atoms with van der Waals surface area (Å²) in [6.45, 7) is 0. The Balaban J connectivity index is 2.18. The Hall–Kier alpha value is -1.58. The minimum absolute atomic E-state index is 0.0788. The van der Waals surface area contributed by atoms with Crippen molar-refractivity contribution in [3.05, 3.63) is 22.4 Å². The summed E-state index contributed by atoms with van der Waals surface area (Å²) in [7, 11) is 1.25. The van der Waals surface area contributed by atoms with E-state index in [1.54, 1.807) is 17.5 Å².